The number of carbonyl (C=O) groups excluding carboxylic acids is 1. The Kier molecular flexibility index (Phi) is 7.65. The number of rotatable bonds is 8. The number of ketones is 1. The Morgan fingerprint density at radius 1 is 0.405 bits per heavy atom. The Hall–Kier alpha value is -5.41. The number of anilines is 6. The molecule has 0 unspecified atom stereocenters. The van der Waals surface area contributed by atoms with E-state index in [-0.39, 0.29) is 5.78 Å². The van der Waals surface area contributed by atoms with Crippen LogP contribution < -0.4 is 9.80 Å². The summed E-state index contributed by atoms with van der Waals surface area (Å²) in [6, 6.07) is 54.5. The van der Waals surface area contributed by atoms with Crippen molar-refractivity contribution in [3.63, 3.8) is 0 Å². The van der Waals surface area contributed by atoms with Crippen molar-refractivity contribution in [2.75, 3.05) is 9.80 Å². The summed E-state index contributed by atoms with van der Waals surface area (Å²) < 4.78 is 0. The second kappa shape index (κ2) is 12.0. The van der Waals surface area contributed by atoms with Gasteiger partial charge in [-0.05, 0) is 110 Å². The second-order valence-electron chi connectivity index (χ2n) is 10.4. The number of aryl methyl sites for hydroxylation is 1. The molecule has 0 aromatic heterocycles. The van der Waals surface area contributed by atoms with Gasteiger partial charge in [0.15, 0.2) is 5.78 Å². The third kappa shape index (κ3) is 5.72. The van der Waals surface area contributed by atoms with Crippen molar-refractivity contribution in [3.05, 3.63) is 169 Å². The van der Waals surface area contributed by atoms with E-state index < -0.39 is 0 Å². The zero-order valence-corrected chi connectivity index (χ0v) is 23.8. The average molecular weight is 545 g/mol. The van der Waals surface area contributed by atoms with E-state index in [2.05, 4.69) is 126 Å². The molecular formula is C39H32N2O. The van der Waals surface area contributed by atoms with Crippen molar-refractivity contribution in [1.29, 1.82) is 0 Å². The van der Waals surface area contributed by atoms with Crippen LogP contribution in [0.15, 0.2) is 158 Å². The van der Waals surface area contributed by atoms with Gasteiger partial charge in [0.2, 0.25) is 0 Å². The lowest BCUT2D eigenvalue weighted by atomic mass is 10.0. The molecule has 0 aliphatic rings. The van der Waals surface area contributed by atoms with Gasteiger partial charge < -0.3 is 9.80 Å². The lowest BCUT2D eigenvalue weighted by Gasteiger charge is -2.26. The van der Waals surface area contributed by atoms with E-state index in [1.54, 1.807) is 6.92 Å². The van der Waals surface area contributed by atoms with E-state index in [4.69, 9.17) is 0 Å². The molecule has 0 amide bonds. The van der Waals surface area contributed by atoms with Gasteiger partial charge >= 0.3 is 0 Å². The van der Waals surface area contributed by atoms with Crippen LogP contribution in [0.4, 0.5) is 34.1 Å². The standard InChI is InChI=1S/C39H32N2O/c1-29-13-21-36(22-14-29)40(34-9-5-3-6-10-34)38-25-17-32(18-26-38)33-19-27-39(28-20-33)41(35-11-7-4-8-12-35)37-23-15-31(16-24-37)30(2)42/h3-28H,1-2H3. The number of hydrogen-bond acceptors (Lipinski definition) is 3. The molecule has 3 heteroatoms. The molecule has 0 N–H and O–H groups in total. The first-order chi connectivity index (χ1) is 20.6. The maximum Gasteiger partial charge on any atom is 0.159 e. The number of nitrogens with zero attached hydrogens (tertiary/aromatic N) is 2. The van der Waals surface area contributed by atoms with Gasteiger partial charge in [-0.15, -0.1) is 0 Å². The smallest absolute Gasteiger partial charge is 0.159 e. The molecular weight excluding hydrogens is 512 g/mol. The number of benzene rings is 6. The normalized spacial score (nSPS) is 10.7. The highest BCUT2D eigenvalue weighted by molar-refractivity contribution is 5.94. The first kappa shape index (κ1) is 26.8. The largest absolute Gasteiger partial charge is 0.311 e. The summed E-state index contributed by atoms with van der Waals surface area (Å²) in [5, 5.41) is 0. The molecule has 0 heterocycles. The van der Waals surface area contributed by atoms with Gasteiger partial charge in [0.05, 0.1) is 0 Å². The molecule has 0 spiro atoms. The molecule has 42 heavy (non-hydrogen) atoms. The minimum absolute atomic E-state index is 0.0638. The molecule has 0 saturated carbocycles. The summed E-state index contributed by atoms with van der Waals surface area (Å²) in [5.41, 5.74) is 10.7. The van der Waals surface area contributed by atoms with Crippen LogP contribution in [0.1, 0.15) is 22.8 Å². The number of para-hydroxylation sites is 2. The van der Waals surface area contributed by atoms with Crippen molar-refractivity contribution in [2.24, 2.45) is 0 Å². The first-order valence-corrected chi connectivity index (χ1v) is 14.2. The van der Waals surface area contributed by atoms with Crippen LogP contribution >= 0.6 is 0 Å². The summed E-state index contributed by atoms with van der Waals surface area (Å²) in [7, 11) is 0. The van der Waals surface area contributed by atoms with Gasteiger partial charge in [0.25, 0.3) is 0 Å². The molecule has 6 aromatic carbocycles. The highest BCUT2D eigenvalue weighted by atomic mass is 16.1. The Labute approximate surface area is 247 Å². The van der Waals surface area contributed by atoms with Crippen molar-refractivity contribution in [3.8, 4) is 11.1 Å². The monoisotopic (exact) mass is 544 g/mol. The Balaban J connectivity index is 1.31. The van der Waals surface area contributed by atoms with Crippen LogP contribution in [-0.4, -0.2) is 5.78 Å². The van der Waals surface area contributed by atoms with Gasteiger partial charge in [-0.2, -0.15) is 0 Å². The quantitative estimate of drug-likeness (QED) is 0.178. The summed E-state index contributed by atoms with van der Waals surface area (Å²) in [5.74, 6) is 0.0638. The van der Waals surface area contributed by atoms with Gasteiger partial charge in [0, 0.05) is 39.7 Å². The minimum Gasteiger partial charge on any atom is -0.311 e. The third-order valence-electron chi connectivity index (χ3n) is 7.44. The molecule has 0 bridgehead atoms. The summed E-state index contributed by atoms with van der Waals surface area (Å²) in [6.45, 7) is 3.71. The van der Waals surface area contributed by atoms with Crippen LogP contribution in [0.5, 0.6) is 0 Å². The predicted molar refractivity (Wildman–Crippen MR) is 176 cm³/mol. The first-order valence-electron chi connectivity index (χ1n) is 14.2. The van der Waals surface area contributed by atoms with E-state index in [9.17, 15) is 4.79 Å². The van der Waals surface area contributed by atoms with Crippen LogP contribution in [0.3, 0.4) is 0 Å². The van der Waals surface area contributed by atoms with Gasteiger partial charge in [-0.3, -0.25) is 4.79 Å². The maximum absolute atomic E-state index is 11.8. The zero-order valence-electron chi connectivity index (χ0n) is 23.8. The molecule has 0 atom stereocenters. The second-order valence-corrected chi connectivity index (χ2v) is 10.4. The Bertz CT molecular complexity index is 1760. The highest BCUT2D eigenvalue weighted by Gasteiger charge is 2.14. The number of hydrogen-bond donors (Lipinski definition) is 0. The van der Waals surface area contributed by atoms with E-state index >= 15 is 0 Å². The molecule has 204 valence electrons. The van der Waals surface area contributed by atoms with E-state index in [1.807, 2.05) is 48.5 Å². The topological polar surface area (TPSA) is 23.6 Å². The Morgan fingerprint density at radius 3 is 1.07 bits per heavy atom. The van der Waals surface area contributed by atoms with E-state index in [0.717, 1.165) is 45.3 Å². The average Bonchev–Trinajstić information content (AvgIpc) is 3.04. The molecule has 6 rings (SSSR count). The van der Waals surface area contributed by atoms with Crippen molar-refractivity contribution in [2.45, 2.75) is 13.8 Å². The van der Waals surface area contributed by atoms with Crippen molar-refractivity contribution in [1.82, 2.24) is 0 Å². The molecule has 0 radical (unpaired) electrons. The molecule has 0 aliphatic heterocycles. The van der Waals surface area contributed by atoms with Gasteiger partial charge in [0.1, 0.15) is 0 Å². The summed E-state index contributed by atoms with van der Waals surface area (Å²) in [6.07, 6.45) is 0. The lowest BCUT2D eigenvalue weighted by Crippen LogP contribution is -2.10. The van der Waals surface area contributed by atoms with Crippen LogP contribution in [0.2, 0.25) is 0 Å². The van der Waals surface area contributed by atoms with Gasteiger partial charge in [-0.1, -0.05) is 78.4 Å². The van der Waals surface area contributed by atoms with Gasteiger partial charge in [-0.25, -0.2) is 0 Å². The SMILES string of the molecule is CC(=O)c1ccc(N(c2ccccc2)c2ccc(-c3ccc(N(c4ccccc4)c4ccc(C)cc4)cc3)cc2)cc1. The summed E-state index contributed by atoms with van der Waals surface area (Å²) >= 11 is 0. The minimum atomic E-state index is 0.0638. The molecule has 6 aromatic rings. The van der Waals surface area contributed by atoms with Crippen LogP contribution in [0.25, 0.3) is 11.1 Å². The van der Waals surface area contributed by atoms with Crippen molar-refractivity contribution < 1.29 is 4.79 Å². The van der Waals surface area contributed by atoms with Crippen LogP contribution in [-0.2, 0) is 0 Å². The van der Waals surface area contributed by atoms with Crippen LogP contribution in [0, 0.1) is 6.92 Å². The number of Topliss-reactive ketones (excluding diaryl/α,β-unsaturated/α-hetero) is 1. The fourth-order valence-corrected chi connectivity index (χ4v) is 5.19. The maximum atomic E-state index is 11.8. The zero-order chi connectivity index (χ0) is 28.9. The fraction of sp³-hybridized carbons (Fsp3) is 0.0513. The van der Waals surface area contributed by atoms with E-state index in [0.29, 0.717) is 5.56 Å². The lowest BCUT2D eigenvalue weighted by molar-refractivity contribution is 0.101. The molecule has 3 nitrogen and oxygen atoms in total. The highest BCUT2D eigenvalue weighted by Crippen LogP contribution is 2.38. The van der Waals surface area contributed by atoms with Crippen molar-refractivity contribution >= 4 is 39.9 Å². The molecule has 0 saturated heterocycles. The summed E-state index contributed by atoms with van der Waals surface area (Å²) in [4.78, 5) is 16.3. The van der Waals surface area contributed by atoms with E-state index in [1.165, 1.54) is 5.56 Å². The molecule has 0 aliphatic carbocycles. The molecule has 0 fully saturated rings. The Morgan fingerprint density at radius 2 is 0.714 bits per heavy atom. The number of carbonyl (C=O) groups is 1. The predicted octanol–water partition coefficient (Wildman–Crippen LogP) is 10.8. The fourth-order valence-electron chi connectivity index (χ4n) is 5.19. The third-order valence-corrected chi connectivity index (χ3v) is 7.44.